The van der Waals surface area contributed by atoms with Crippen molar-refractivity contribution in [3.8, 4) is 0 Å². The van der Waals surface area contributed by atoms with Crippen molar-refractivity contribution in [1.29, 1.82) is 0 Å². The van der Waals surface area contributed by atoms with Gasteiger partial charge in [-0.1, -0.05) is 18.2 Å². The van der Waals surface area contributed by atoms with Gasteiger partial charge in [0.1, 0.15) is 0 Å². The fourth-order valence-corrected chi connectivity index (χ4v) is 2.05. The van der Waals surface area contributed by atoms with E-state index in [1.165, 1.54) is 24.4 Å². The molecule has 0 radical (unpaired) electrons. The Labute approximate surface area is 131 Å². The van der Waals surface area contributed by atoms with Crippen molar-refractivity contribution in [1.82, 2.24) is 10.3 Å². The maximum absolute atomic E-state index is 12.9. The first-order valence-corrected chi connectivity index (χ1v) is 6.84. The average Bonchev–Trinajstić information content (AvgIpc) is 2.52. The minimum absolute atomic E-state index is 0.270. The minimum atomic E-state index is -4.57. The molecular formula is C16H15F3N2O2. The normalized spacial score (nSPS) is 12.7. The summed E-state index contributed by atoms with van der Waals surface area (Å²) in [5.41, 5.74) is -0.186. The van der Waals surface area contributed by atoms with Gasteiger partial charge < -0.3 is 10.4 Å². The molecule has 1 unspecified atom stereocenters. The number of amides is 1. The molecule has 0 bridgehead atoms. The van der Waals surface area contributed by atoms with Crippen molar-refractivity contribution in [3.63, 3.8) is 0 Å². The average molecular weight is 324 g/mol. The van der Waals surface area contributed by atoms with E-state index in [0.29, 0.717) is 0 Å². The van der Waals surface area contributed by atoms with E-state index in [2.05, 4.69) is 10.3 Å². The van der Waals surface area contributed by atoms with Gasteiger partial charge in [0, 0.05) is 18.4 Å². The first-order valence-electron chi connectivity index (χ1n) is 6.84. The standard InChI is InChI=1S/C16H15F3N2O2/c1-10-6-7-11(8-20-10)15(23)21-9-14(22)12-4-2-3-5-13(12)16(17,18)19/h2-8,14,22H,9H2,1H3,(H,21,23). The lowest BCUT2D eigenvalue weighted by molar-refractivity contribution is -0.139. The lowest BCUT2D eigenvalue weighted by atomic mass is 10.0. The molecule has 122 valence electrons. The number of hydrogen-bond donors (Lipinski definition) is 2. The van der Waals surface area contributed by atoms with Gasteiger partial charge in [-0.05, 0) is 30.7 Å². The zero-order valence-corrected chi connectivity index (χ0v) is 12.3. The molecule has 0 spiro atoms. The number of carbonyl (C=O) groups is 1. The molecule has 0 saturated heterocycles. The summed E-state index contributed by atoms with van der Waals surface area (Å²) in [4.78, 5) is 15.8. The number of aliphatic hydroxyl groups is 1. The maximum Gasteiger partial charge on any atom is 0.416 e. The number of aryl methyl sites for hydroxylation is 1. The highest BCUT2D eigenvalue weighted by atomic mass is 19.4. The van der Waals surface area contributed by atoms with Crippen molar-refractivity contribution in [3.05, 3.63) is 65.0 Å². The smallest absolute Gasteiger partial charge is 0.387 e. The molecule has 0 fully saturated rings. The predicted octanol–water partition coefficient (Wildman–Crippen LogP) is 2.87. The molecule has 1 aromatic carbocycles. The molecule has 2 N–H and O–H groups in total. The van der Waals surface area contributed by atoms with Crippen LogP contribution in [0.2, 0.25) is 0 Å². The van der Waals surface area contributed by atoms with Crippen LogP contribution >= 0.6 is 0 Å². The van der Waals surface area contributed by atoms with Crippen LogP contribution in [-0.4, -0.2) is 22.5 Å². The highest BCUT2D eigenvalue weighted by Crippen LogP contribution is 2.34. The largest absolute Gasteiger partial charge is 0.416 e. The molecule has 0 aliphatic heterocycles. The van der Waals surface area contributed by atoms with Crippen LogP contribution in [0.4, 0.5) is 13.2 Å². The van der Waals surface area contributed by atoms with Crippen molar-refractivity contribution in [2.75, 3.05) is 6.54 Å². The number of aromatic nitrogens is 1. The van der Waals surface area contributed by atoms with E-state index < -0.39 is 23.8 Å². The van der Waals surface area contributed by atoms with E-state index in [-0.39, 0.29) is 17.7 Å². The Hall–Kier alpha value is -2.41. The second kappa shape index (κ2) is 6.78. The number of carbonyl (C=O) groups excluding carboxylic acids is 1. The molecule has 2 rings (SSSR count). The second-order valence-electron chi connectivity index (χ2n) is 5.00. The Morgan fingerprint density at radius 2 is 1.96 bits per heavy atom. The lowest BCUT2D eigenvalue weighted by Crippen LogP contribution is -2.29. The van der Waals surface area contributed by atoms with E-state index >= 15 is 0 Å². The topological polar surface area (TPSA) is 62.2 Å². The highest BCUT2D eigenvalue weighted by molar-refractivity contribution is 5.93. The molecular weight excluding hydrogens is 309 g/mol. The molecule has 23 heavy (non-hydrogen) atoms. The number of halogens is 3. The number of pyridine rings is 1. The van der Waals surface area contributed by atoms with Crippen LogP contribution in [0, 0.1) is 6.92 Å². The summed E-state index contributed by atoms with van der Waals surface area (Å²) < 4.78 is 38.7. The van der Waals surface area contributed by atoms with Gasteiger partial charge in [0.15, 0.2) is 0 Å². The Balaban J connectivity index is 2.07. The molecule has 7 heteroatoms. The zero-order valence-electron chi connectivity index (χ0n) is 12.3. The van der Waals surface area contributed by atoms with Gasteiger partial charge in [-0.15, -0.1) is 0 Å². The van der Waals surface area contributed by atoms with Crippen molar-refractivity contribution < 1.29 is 23.1 Å². The van der Waals surface area contributed by atoms with E-state index in [4.69, 9.17) is 0 Å². The number of nitrogens with one attached hydrogen (secondary N) is 1. The first-order chi connectivity index (χ1) is 10.8. The van der Waals surface area contributed by atoms with Gasteiger partial charge in [0.25, 0.3) is 5.91 Å². The quantitative estimate of drug-likeness (QED) is 0.909. The van der Waals surface area contributed by atoms with Crippen molar-refractivity contribution >= 4 is 5.91 Å². The first kappa shape index (κ1) is 17.0. The third-order valence-electron chi connectivity index (χ3n) is 3.25. The Kier molecular flexibility index (Phi) is 5.00. The summed E-state index contributed by atoms with van der Waals surface area (Å²) in [5.74, 6) is -0.513. The molecule has 1 amide bonds. The summed E-state index contributed by atoms with van der Waals surface area (Å²) in [5, 5.41) is 12.4. The summed E-state index contributed by atoms with van der Waals surface area (Å²) in [6.45, 7) is 1.43. The molecule has 0 aliphatic rings. The highest BCUT2D eigenvalue weighted by Gasteiger charge is 2.34. The molecule has 0 saturated carbocycles. The Bertz CT molecular complexity index is 684. The summed E-state index contributed by atoms with van der Waals surface area (Å²) in [7, 11) is 0. The molecule has 1 aromatic heterocycles. The fraction of sp³-hybridized carbons (Fsp3) is 0.250. The van der Waals surface area contributed by atoms with Gasteiger partial charge in [-0.2, -0.15) is 13.2 Å². The van der Waals surface area contributed by atoms with Gasteiger partial charge in [-0.3, -0.25) is 9.78 Å². The van der Waals surface area contributed by atoms with Crippen LogP contribution in [0.1, 0.15) is 33.3 Å². The van der Waals surface area contributed by atoms with Crippen LogP contribution < -0.4 is 5.32 Å². The predicted molar refractivity (Wildman–Crippen MR) is 77.7 cm³/mol. The van der Waals surface area contributed by atoms with Gasteiger partial charge in [-0.25, -0.2) is 0 Å². The molecule has 1 heterocycles. The van der Waals surface area contributed by atoms with Crippen molar-refractivity contribution in [2.45, 2.75) is 19.2 Å². The number of rotatable bonds is 4. The van der Waals surface area contributed by atoms with E-state index in [0.717, 1.165) is 11.8 Å². The summed E-state index contributed by atoms with van der Waals surface area (Å²) in [6, 6.07) is 7.92. The third-order valence-corrected chi connectivity index (χ3v) is 3.25. The number of aliphatic hydroxyl groups excluding tert-OH is 1. The molecule has 4 nitrogen and oxygen atoms in total. The summed E-state index contributed by atoms with van der Waals surface area (Å²) >= 11 is 0. The van der Waals surface area contributed by atoms with Gasteiger partial charge >= 0.3 is 6.18 Å². The Morgan fingerprint density at radius 3 is 2.57 bits per heavy atom. The Morgan fingerprint density at radius 1 is 1.26 bits per heavy atom. The third kappa shape index (κ3) is 4.29. The van der Waals surface area contributed by atoms with Crippen LogP contribution in [0.3, 0.4) is 0 Å². The summed E-state index contributed by atoms with van der Waals surface area (Å²) in [6.07, 6.45) is -4.67. The van der Waals surface area contributed by atoms with Gasteiger partial charge in [0.2, 0.25) is 0 Å². The number of benzene rings is 1. The van der Waals surface area contributed by atoms with Crippen molar-refractivity contribution in [2.24, 2.45) is 0 Å². The SMILES string of the molecule is Cc1ccc(C(=O)NCC(O)c2ccccc2C(F)(F)F)cn1. The van der Waals surface area contributed by atoms with E-state index in [1.54, 1.807) is 19.1 Å². The van der Waals surface area contributed by atoms with Crippen LogP contribution in [-0.2, 0) is 6.18 Å². The molecule has 1 atom stereocenters. The second-order valence-corrected chi connectivity index (χ2v) is 5.00. The van der Waals surface area contributed by atoms with Gasteiger partial charge in [0.05, 0.1) is 17.2 Å². The monoisotopic (exact) mass is 324 g/mol. The number of nitrogens with zero attached hydrogens (tertiary/aromatic N) is 1. The van der Waals surface area contributed by atoms with Crippen LogP contribution in [0.15, 0.2) is 42.6 Å². The van der Waals surface area contributed by atoms with Crippen LogP contribution in [0.5, 0.6) is 0 Å². The minimum Gasteiger partial charge on any atom is -0.387 e. The zero-order chi connectivity index (χ0) is 17.0. The maximum atomic E-state index is 12.9. The fourth-order valence-electron chi connectivity index (χ4n) is 2.05. The molecule has 2 aromatic rings. The number of alkyl halides is 3. The van der Waals surface area contributed by atoms with E-state index in [9.17, 15) is 23.1 Å². The molecule has 0 aliphatic carbocycles. The van der Waals surface area contributed by atoms with Crippen LogP contribution in [0.25, 0.3) is 0 Å². The lowest BCUT2D eigenvalue weighted by Gasteiger charge is -2.17. The number of hydrogen-bond acceptors (Lipinski definition) is 3. The van der Waals surface area contributed by atoms with E-state index in [1.807, 2.05) is 0 Å².